The molecule has 0 bridgehead atoms. The van der Waals surface area contributed by atoms with E-state index < -0.39 is 0 Å². The van der Waals surface area contributed by atoms with Crippen LogP contribution < -0.4 is 10.6 Å². The van der Waals surface area contributed by atoms with Gasteiger partial charge in [0.15, 0.2) is 0 Å². The van der Waals surface area contributed by atoms with Crippen molar-refractivity contribution in [2.24, 2.45) is 5.92 Å². The van der Waals surface area contributed by atoms with Crippen LogP contribution in [0, 0.1) is 12.8 Å². The molecule has 4 nitrogen and oxygen atoms in total. The zero-order valence-corrected chi connectivity index (χ0v) is 12.4. The van der Waals surface area contributed by atoms with E-state index in [4.69, 9.17) is 0 Å². The van der Waals surface area contributed by atoms with E-state index in [9.17, 15) is 4.79 Å². The number of pyridine rings is 1. The number of aryl methyl sites for hydroxylation is 1. The first-order valence-corrected chi connectivity index (χ1v) is 7.11. The minimum absolute atomic E-state index is 0.0171. The van der Waals surface area contributed by atoms with Crippen molar-refractivity contribution in [2.45, 2.75) is 40.5 Å². The van der Waals surface area contributed by atoms with Crippen LogP contribution in [-0.2, 0) is 0 Å². The minimum atomic E-state index is -0.0171. The van der Waals surface area contributed by atoms with Crippen LogP contribution in [0.3, 0.4) is 0 Å². The second kappa shape index (κ2) is 7.77. The highest BCUT2D eigenvalue weighted by molar-refractivity contribution is 5.95. The Morgan fingerprint density at radius 1 is 1.26 bits per heavy atom. The van der Waals surface area contributed by atoms with Crippen molar-refractivity contribution >= 4 is 11.7 Å². The van der Waals surface area contributed by atoms with Crippen LogP contribution in [0.5, 0.6) is 0 Å². The molecule has 0 aromatic carbocycles. The second-order valence-corrected chi connectivity index (χ2v) is 4.81. The lowest BCUT2D eigenvalue weighted by Gasteiger charge is -2.14. The van der Waals surface area contributed by atoms with Crippen molar-refractivity contribution in [3.63, 3.8) is 0 Å². The molecule has 0 aliphatic heterocycles. The number of hydrogen-bond donors (Lipinski definition) is 2. The third-order valence-corrected chi connectivity index (χ3v) is 3.28. The standard InChI is InChI=1S/C15H25N3O/c1-5-12(6-2)10-17-15(19)13-8-11(4)18-14(9-13)16-7-3/h8-9,12H,5-7,10H2,1-4H3,(H,16,18)(H,17,19). The Balaban J connectivity index is 2.70. The van der Waals surface area contributed by atoms with Crippen LogP contribution >= 0.6 is 0 Å². The highest BCUT2D eigenvalue weighted by Crippen LogP contribution is 2.11. The Morgan fingerprint density at radius 2 is 1.95 bits per heavy atom. The summed E-state index contributed by atoms with van der Waals surface area (Å²) in [6, 6.07) is 3.63. The number of hydrogen-bond acceptors (Lipinski definition) is 3. The Morgan fingerprint density at radius 3 is 2.53 bits per heavy atom. The molecule has 1 aromatic rings. The number of nitrogens with one attached hydrogen (secondary N) is 2. The Kier molecular flexibility index (Phi) is 6.33. The molecule has 0 saturated carbocycles. The molecular formula is C15H25N3O. The van der Waals surface area contributed by atoms with Crippen molar-refractivity contribution in [3.8, 4) is 0 Å². The van der Waals surface area contributed by atoms with Crippen LogP contribution in [0.2, 0.25) is 0 Å². The predicted molar refractivity (Wildman–Crippen MR) is 79.5 cm³/mol. The maximum Gasteiger partial charge on any atom is 0.251 e. The van der Waals surface area contributed by atoms with Gasteiger partial charge in [0.05, 0.1) is 0 Å². The fourth-order valence-electron chi connectivity index (χ4n) is 1.99. The molecule has 0 fully saturated rings. The number of aromatic nitrogens is 1. The zero-order valence-electron chi connectivity index (χ0n) is 12.4. The quantitative estimate of drug-likeness (QED) is 0.795. The number of carbonyl (C=O) groups excluding carboxylic acids is 1. The molecule has 0 saturated heterocycles. The van der Waals surface area contributed by atoms with E-state index in [-0.39, 0.29) is 5.91 Å². The van der Waals surface area contributed by atoms with Gasteiger partial charge in [0.2, 0.25) is 0 Å². The summed E-state index contributed by atoms with van der Waals surface area (Å²) < 4.78 is 0. The summed E-state index contributed by atoms with van der Waals surface area (Å²) >= 11 is 0. The highest BCUT2D eigenvalue weighted by Gasteiger charge is 2.10. The van der Waals surface area contributed by atoms with Gasteiger partial charge in [-0.25, -0.2) is 4.98 Å². The molecule has 1 rings (SSSR count). The molecule has 106 valence electrons. The molecular weight excluding hydrogens is 238 g/mol. The first-order valence-electron chi connectivity index (χ1n) is 7.11. The van der Waals surface area contributed by atoms with Gasteiger partial charge in [-0.05, 0) is 31.9 Å². The van der Waals surface area contributed by atoms with E-state index in [1.807, 2.05) is 19.9 Å². The number of rotatable bonds is 7. The molecule has 0 radical (unpaired) electrons. The van der Waals surface area contributed by atoms with Gasteiger partial charge < -0.3 is 10.6 Å². The second-order valence-electron chi connectivity index (χ2n) is 4.81. The van der Waals surface area contributed by atoms with Crippen LogP contribution in [0.15, 0.2) is 12.1 Å². The highest BCUT2D eigenvalue weighted by atomic mass is 16.1. The molecule has 0 aliphatic rings. The summed E-state index contributed by atoms with van der Waals surface area (Å²) in [7, 11) is 0. The average Bonchev–Trinajstić information content (AvgIpc) is 2.39. The van der Waals surface area contributed by atoms with Crippen molar-refractivity contribution < 1.29 is 4.79 Å². The lowest BCUT2D eigenvalue weighted by molar-refractivity contribution is 0.0946. The van der Waals surface area contributed by atoms with Crippen LogP contribution in [0.1, 0.15) is 49.7 Å². The van der Waals surface area contributed by atoms with Gasteiger partial charge >= 0.3 is 0 Å². The molecule has 1 amide bonds. The summed E-state index contributed by atoms with van der Waals surface area (Å²) in [5.74, 6) is 1.30. The largest absolute Gasteiger partial charge is 0.370 e. The lowest BCUT2D eigenvalue weighted by atomic mass is 10.0. The van der Waals surface area contributed by atoms with E-state index >= 15 is 0 Å². The van der Waals surface area contributed by atoms with Crippen LogP contribution in [0.25, 0.3) is 0 Å². The molecule has 19 heavy (non-hydrogen) atoms. The van der Waals surface area contributed by atoms with E-state index in [0.717, 1.165) is 37.4 Å². The topological polar surface area (TPSA) is 54.0 Å². The Bertz CT molecular complexity index is 414. The fourth-order valence-corrected chi connectivity index (χ4v) is 1.99. The van der Waals surface area contributed by atoms with Crippen molar-refractivity contribution in [2.75, 3.05) is 18.4 Å². The van der Waals surface area contributed by atoms with Gasteiger partial charge in [-0.1, -0.05) is 26.7 Å². The average molecular weight is 263 g/mol. The summed E-state index contributed by atoms with van der Waals surface area (Å²) in [5.41, 5.74) is 1.53. The van der Waals surface area contributed by atoms with Crippen LogP contribution in [-0.4, -0.2) is 24.0 Å². The van der Waals surface area contributed by atoms with Gasteiger partial charge in [-0.15, -0.1) is 0 Å². The maximum absolute atomic E-state index is 12.1. The number of anilines is 1. The van der Waals surface area contributed by atoms with Gasteiger partial charge in [-0.2, -0.15) is 0 Å². The fraction of sp³-hybridized carbons (Fsp3) is 0.600. The summed E-state index contributed by atoms with van der Waals surface area (Å²) in [6.07, 6.45) is 2.18. The van der Waals surface area contributed by atoms with Crippen molar-refractivity contribution in [3.05, 3.63) is 23.4 Å². The van der Waals surface area contributed by atoms with Crippen LogP contribution in [0.4, 0.5) is 5.82 Å². The Labute approximate surface area is 116 Å². The molecule has 0 atom stereocenters. The molecule has 0 aliphatic carbocycles. The normalized spacial score (nSPS) is 10.6. The number of amides is 1. The molecule has 0 unspecified atom stereocenters. The summed E-state index contributed by atoms with van der Waals surface area (Å²) in [4.78, 5) is 16.5. The smallest absolute Gasteiger partial charge is 0.251 e. The Hall–Kier alpha value is -1.58. The summed E-state index contributed by atoms with van der Waals surface area (Å²) in [6.45, 7) is 9.75. The third-order valence-electron chi connectivity index (χ3n) is 3.28. The maximum atomic E-state index is 12.1. The minimum Gasteiger partial charge on any atom is -0.370 e. The number of nitrogens with zero attached hydrogens (tertiary/aromatic N) is 1. The molecule has 4 heteroatoms. The SMILES string of the molecule is CCNc1cc(C(=O)NCC(CC)CC)cc(C)n1. The van der Waals surface area contributed by atoms with Gasteiger partial charge in [-0.3, -0.25) is 4.79 Å². The van der Waals surface area contributed by atoms with E-state index in [0.29, 0.717) is 11.5 Å². The first-order chi connectivity index (χ1) is 9.10. The van der Waals surface area contributed by atoms with E-state index in [1.165, 1.54) is 0 Å². The molecule has 0 spiro atoms. The predicted octanol–water partition coefficient (Wildman–Crippen LogP) is 2.99. The van der Waals surface area contributed by atoms with E-state index in [1.54, 1.807) is 6.07 Å². The van der Waals surface area contributed by atoms with E-state index in [2.05, 4.69) is 29.5 Å². The molecule has 1 heterocycles. The molecule has 2 N–H and O–H groups in total. The zero-order chi connectivity index (χ0) is 14.3. The first kappa shape index (κ1) is 15.5. The lowest BCUT2D eigenvalue weighted by Crippen LogP contribution is -2.29. The van der Waals surface area contributed by atoms with Gasteiger partial charge in [0.25, 0.3) is 5.91 Å². The molecule has 1 aromatic heterocycles. The van der Waals surface area contributed by atoms with Gasteiger partial charge in [0, 0.05) is 24.3 Å². The van der Waals surface area contributed by atoms with Gasteiger partial charge in [0.1, 0.15) is 5.82 Å². The van der Waals surface area contributed by atoms with Crippen molar-refractivity contribution in [1.82, 2.24) is 10.3 Å². The van der Waals surface area contributed by atoms with Crippen molar-refractivity contribution in [1.29, 1.82) is 0 Å². The summed E-state index contributed by atoms with van der Waals surface area (Å²) in [5, 5.41) is 6.14. The monoisotopic (exact) mass is 263 g/mol. The number of carbonyl (C=O) groups is 1. The third kappa shape index (κ3) is 4.89.